The molecule has 0 radical (unpaired) electrons. The Morgan fingerprint density at radius 3 is 2.52 bits per heavy atom. The van der Waals surface area contributed by atoms with Gasteiger partial charge >= 0.3 is 5.97 Å². The lowest BCUT2D eigenvalue weighted by atomic mass is 10.1. The minimum Gasteiger partial charge on any atom is -0.465 e. The zero-order valence-corrected chi connectivity index (χ0v) is 17.1. The minimum absolute atomic E-state index is 0.127. The predicted octanol–water partition coefficient (Wildman–Crippen LogP) is 2.16. The fourth-order valence-electron chi connectivity index (χ4n) is 3.13. The van der Waals surface area contributed by atoms with E-state index in [1.165, 1.54) is 11.3 Å². The van der Waals surface area contributed by atoms with Crippen LogP contribution in [0.25, 0.3) is 0 Å². The lowest BCUT2D eigenvalue weighted by Crippen LogP contribution is -2.28. The summed E-state index contributed by atoms with van der Waals surface area (Å²) in [5.41, 5.74) is 4.47. The molecule has 0 saturated carbocycles. The average Bonchev–Trinajstić information content (AvgIpc) is 2.93. The molecule has 148 valence electrons. The van der Waals surface area contributed by atoms with Crippen LogP contribution in [0.3, 0.4) is 0 Å². The number of carbonyl (C=O) groups is 1. The number of anilines is 1. The van der Waals surface area contributed by atoms with Gasteiger partial charge in [-0.3, -0.25) is 9.48 Å². The molecule has 0 amide bonds. The zero-order valence-electron chi connectivity index (χ0n) is 17.1. The Kier molecular flexibility index (Phi) is 7.29. The van der Waals surface area contributed by atoms with Gasteiger partial charge in [0.2, 0.25) is 5.95 Å². The molecule has 1 unspecified atom stereocenters. The number of esters is 1. The van der Waals surface area contributed by atoms with Crippen LogP contribution in [0.4, 0.5) is 5.95 Å². The molecule has 0 bridgehead atoms. The second-order valence-corrected chi connectivity index (χ2v) is 6.56. The standard InChI is InChI=1S/C19H30N6O2/c1-7-25-15(5)18(14(4)23-25)13(3)20-9-16-10-21-19(22-11-16)24(6)12-17(26)27-8-2/h10-11,13,20H,7-9,12H2,1-6H3. The Balaban J connectivity index is 1.95. The van der Waals surface area contributed by atoms with Crippen LogP contribution in [0.1, 0.15) is 49.3 Å². The van der Waals surface area contributed by atoms with Crippen LogP contribution in [0.2, 0.25) is 0 Å². The van der Waals surface area contributed by atoms with Gasteiger partial charge in [0, 0.05) is 55.4 Å². The van der Waals surface area contributed by atoms with Crippen molar-refractivity contribution in [3.63, 3.8) is 0 Å². The number of aromatic nitrogens is 4. The summed E-state index contributed by atoms with van der Waals surface area (Å²) >= 11 is 0. The highest BCUT2D eigenvalue weighted by molar-refractivity contribution is 5.74. The van der Waals surface area contributed by atoms with Crippen molar-refractivity contribution in [3.05, 3.63) is 34.9 Å². The van der Waals surface area contributed by atoms with E-state index in [-0.39, 0.29) is 18.6 Å². The molecule has 2 rings (SSSR count). The van der Waals surface area contributed by atoms with Crippen molar-refractivity contribution in [3.8, 4) is 0 Å². The molecule has 2 aromatic heterocycles. The summed E-state index contributed by atoms with van der Waals surface area (Å²) in [6, 6.07) is 0.177. The highest BCUT2D eigenvalue weighted by Crippen LogP contribution is 2.21. The summed E-state index contributed by atoms with van der Waals surface area (Å²) in [6.45, 7) is 12.2. The summed E-state index contributed by atoms with van der Waals surface area (Å²) < 4.78 is 6.97. The number of nitrogens with zero attached hydrogens (tertiary/aromatic N) is 5. The van der Waals surface area contributed by atoms with Crippen molar-refractivity contribution in [2.24, 2.45) is 0 Å². The van der Waals surface area contributed by atoms with E-state index in [1.807, 2.05) is 11.6 Å². The van der Waals surface area contributed by atoms with Crippen molar-refractivity contribution in [2.45, 2.75) is 53.8 Å². The third-order valence-corrected chi connectivity index (χ3v) is 4.49. The molecule has 8 heteroatoms. The Labute approximate surface area is 160 Å². The quantitative estimate of drug-likeness (QED) is 0.673. The number of hydrogen-bond donors (Lipinski definition) is 1. The zero-order chi connectivity index (χ0) is 20.0. The first-order valence-corrected chi connectivity index (χ1v) is 9.32. The first kappa shape index (κ1) is 20.8. The molecule has 0 saturated heterocycles. The largest absolute Gasteiger partial charge is 0.465 e. The summed E-state index contributed by atoms with van der Waals surface area (Å²) in [5, 5.41) is 8.09. The third-order valence-electron chi connectivity index (χ3n) is 4.49. The number of nitrogens with one attached hydrogen (secondary N) is 1. The number of likely N-dealkylation sites (N-methyl/N-ethyl adjacent to an activating group) is 1. The molecule has 27 heavy (non-hydrogen) atoms. The van der Waals surface area contributed by atoms with E-state index >= 15 is 0 Å². The van der Waals surface area contributed by atoms with Gasteiger partial charge < -0.3 is 15.0 Å². The maximum atomic E-state index is 11.5. The predicted molar refractivity (Wildman–Crippen MR) is 105 cm³/mol. The van der Waals surface area contributed by atoms with Crippen molar-refractivity contribution in [1.82, 2.24) is 25.1 Å². The van der Waals surface area contributed by atoms with Gasteiger partial charge in [-0.25, -0.2) is 9.97 Å². The second-order valence-electron chi connectivity index (χ2n) is 6.56. The van der Waals surface area contributed by atoms with Crippen molar-refractivity contribution in [1.29, 1.82) is 0 Å². The van der Waals surface area contributed by atoms with Gasteiger partial charge in [-0.05, 0) is 34.6 Å². The van der Waals surface area contributed by atoms with Gasteiger partial charge in [0.1, 0.15) is 6.54 Å². The molecule has 0 aromatic carbocycles. The number of ether oxygens (including phenoxy) is 1. The van der Waals surface area contributed by atoms with Crippen molar-refractivity contribution in [2.75, 3.05) is 25.1 Å². The van der Waals surface area contributed by atoms with Gasteiger partial charge in [0.05, 0.1) is 12.3 Å². The molecular weight excluding hydrogens is 344 g/mol. The number of aryl methyl sites for hydroxylation is 2. The summed E-state index contributed by atoms with van der Waals surface area (Å²) in [6.07, 6.45) is 3.55. The maximum Gasteiger partial charge on any atom is 0.325 e. The van der Waals surface area contributed by atoms with E-state index in [0.717, 1.165) is 17.8 Å². The summed E-state index contributed by atoms with van der Waals surface area (Å²) in [5.74, 6) is 0.206. The number of carbonyl (C=O) groups excluding carboxylic acids is 1. The van der Waals surface area contributed by atoms with Crippen molar-refractivity contribution < 1.29 is 9.53 Å². The second kappa shape index (κ2) is 9.45. The Bertz CT molecular complexity index is 756. The van der Waals surface area contributed by atoms with Crippen LogP contribution in [0, 0.1) is 13.8 Å². The lowest BCUT2D eigenvalue weighted by Gasteiger charge is -2.17. The van der Waals surface area contributed by atoms with Gasteiger partial charge in [0.15, 0.2) is 0 Å². The number of rotatable bonds is 9. The smallest absolute Gasteiger partial charge is 0.325 e. The van der Waals surface area contributed by atoms with Gasteiger partial charge in [-0.1, -0.05) is 0 Å². The van der Waals surface area contributed by atoms with Gasteiger partial charge in [0.25, 0.3) is 0 Å². The lowest BCUT2D eigenvalue weighted by molar-refractivity contribution is -0.141. The average molecular weight is 374 g/mol. The molecule has 0 fully saturated rings. The highest BCUT2D eigenvalue weighted by atomic mass is 16.5. The van der Waals surface area contributed by atoms with Crippen LogP contribution in [-0.2, 0) is 22.6 Å². The first-order valence-electron chi connectivity index (χ1n) is 9.32. The third kappa shape index (κ3) is 5.26. The Hall–Kier alpha value is -2.48. The molecule has 2 heterocycles. The Morgan fingerprint density at radius 1 is 1.30 bits per heavy atom. The molecule has 8 nitrogen and oxygen atoms in total. The van der Waals surface area contributed by atoms with E-state index in [0.29, 0.717) is 19.1 Å². The molecular formula is C19H30N6O2. The number of hydrogen-bond acceptors (Lipinski definition) is 7. The first-order chi connectivity index (χ1) is 12.9. The van der Waals surface area contributed by atoms with Gasteiger partial charge in [-0.15, -0.1) is 0 Å². The molecule has 0 spiro atoms. The monoisotopic (exact) mass is 374 g/mol. The highest BCUT2D eigenvalue weighted by Gasteiger charge is 2.17. The topological polar surface area (TPSA) is 85.2 Å². The minimum atomic E-state index is -0.290. The maximum absolute atomic E-state index is 11.5. The molecule has 2 aromatic rings. The molecule has 0 aliphatic heterocycles. The SMILES string of the molecule is CCOC(=O)CN(C)c1ncc(CNC(C)c2c(C)nn(CC)c2C)cn1. The van der Waals surface area contributed by atoms with E-state index in [2.05, 4.69) is 41.2 Å². The van der Waals surface area contributed by atoms with E-state index in [1.54, 1.807) is 31.3 Å². The summed E-state index contributed by atoms with van der Waals surface area (Å²) in [7, 11) is 1.77. The van der Waals surface area contributed by atoms with Crippen LogP contribution in [0.15, 0.2) is 12.4 Å². The molecule has 0 aliphatic carbocycles. The van der Waals surface area contributed by atoms with Gasteiger partial charge in [-0.2, -0.15) is 5.10 Å². The normalized spacial score (nSPS) is 12.1. The molecule has 1 atom stereocenters. The van der Waals surface area contributed by atoms with E-state index < -0.39 is 0 Å². The van der Waals surface area contributed by atoms with Crippen LogP contribution in [0.5, 0.6) is 0 Å². The van der Waals surface area contributed by atoms with Crippen LogP contribution >= 0.6 is 0 Å². The Morgan fingerprint density at radius 2 is 1.96 bits per heavy atom. The fourth-order valence-corrected chi connectivity index (χ4v) is 3.13. The van der Waals surface area contributed by atoms with Crippen molar-refractivity contribution >= 4 is 11.9 Å². The molecule has 1 N–H and O–H groups in total. The van der Waals surface area contributed by atoms with Crippen LogP contribution in [-0.4, -0.2) is 45.9 Å². The summed E-state index contributed by atoms with van der Waals surface area (Å²) in [4.78, 5) is 21.9. The van der Waals surface area contributed by atoms with Crippen LogP contribution < -0.4 is 10.2 Å². The molecule has 0 aliphatic rings. The van der Waals surface area contributed by atoms with E-state index in [4.69, 9.17) is 4.74 Å². The van der Waals surface area contributed by atoms with E-state index in [9.17, 15) is 4.79 Å². The fraction of sp³-hybridized carbons (Fsp3) is 0.579.